The van der Waals surface area contributed by atoms with E-state index in [1.165, 1.54) is 117 Å². The zero-order valence-corrected chi connectivity index (χ0v) is 53.8. The van der Waals surface area contributed by atoms with Gasteiger partial charge in [0.1, 0.15) is 0 Å². The van der Waals surface area contributed by atoms with Crippen molar-refractivity contribution in [1.29, 1.82) is 0 Å². The number of anilines is 8. The van der Waals surface area contributed by atoms with E-state index in [4.69, 9.17) is 0 Å². The summed E-state index contributed by atoms with van der Waals surface area (Å²) in [4.78, 5) is 8.22. The molecule has 0 saturated carbocycles. The molecule has 90 heavy (non-hydrogen) atoms. The molecule has 3 aliphatic carbocycles. The van der Waals surface area contributed by atoms with E-state index >= 15 is 0 Å². The van der Waals surface area contributed by atoms with E-state index in [0.29, 0.717) is 5.92 Å². The van der Waals surface area contributed by atoms with Gasteiger partial charge in [-0.05, 0) is 216 Å². The number of hydrogen-bond acceptors (Lipinski definition) is 3. The van der Waals surface area contributed by atoms with Gasteiger partial charge >= 0.3 is 0 Å². The van der Waals surface area contributed by atoms with Gasteiger partial charge in [0.15, 0.2) is 0 Å². The summed E-state index contributed by atoms with van der Waals surface area (Å²) in [5.74, 6) is 0.390. The van der Waals surface area contributed by atoms with Gasteiger partial charge in [-0.3, -0.25) is 0 Å². The highest BCUT2D eigenvalue weighted by atomic mass is 15.3. The van der Waals surface area contributed by atoms with Crippen LogP contribution in [0.1, 0.15) is 144 Å². The lowest BCUT2D eigenvalue weighted by Gasteiger charge is -2.53. The van der Waals surface area contributed by atoms with Crippen LogP contribution in [0.4, 0.5) is 45.5 Å². The highest BCUT2D eigenvalue weighted by Gasteiger charge is 2.64. The summed E-state index contributed by atoms with van der Waals surface area (Å²) in [6.07, 6.45) is 10.6. The van der Waals surface area contributed by atoms with Crippen molar-refractivity contribution in [3.63, 3.8) is 0 Å². The molecule has 16 rings (SSSR count). The molecule has 3 nitrogen and oxygen atoms in total. The summed E-state index contributed by atoms with van der Waals surface area (Å²) >= 11 is 0. The second-order valence-corrected chi connectivity index (χ2v) is 29.4. The van der Waals surface area contributed by atoms with Crippen molar-refractivity contribution in [2.75, 3.05) is 14.7 Å². The third-order valence-corrected chi connectivity index (χ3v) is 21.8. The third-order valence-electron chi connectivity index (χ3n) is 21.8. The first-order valence-corrected chi connectivity index (χ1v) is 32.9. The molecule has 10 aromatic rings. The fourth-order valence-corrected chi connectivity index (χ4v) is 17.0. The Bertz CT molecular complexity index is 4730. The van der Waals surface area contributed by atoms with Gasteiger partial charge in [0.25, 0.3) is 6.71 Å². The number of aryl methyl sites for hydroxylation is 1. The lowest BCUT2D eigenvalue weighted by molar-refractivity contribution is 0.270. The average molecular weight is 1160 g/mol. The Kier molecular flexibility index (Phi) is 12.7. The molecule has 3 aliphatic heterocycles. The fourth-order valence-electron chi connectivity index (χ4n) is 17.0. The monoisotopic (exact) mass is 1160 g/mol. The molecule has 0 N–H and O–H groups in total. The number of fused-ring (bicyclic) bond motifs is 10. The molecule has 3 unspecified atom stereocenters. The van der Waals surface area contributed by atoms with Crippen molar-refractivity contribution in [1.82, 2.24) is 0 Å². The molecular weight excluding hydrogens is 1090 g/mol. The van der Waals surface area contributed by atoms with Crippen LogP contribution in [0.2, 0.25) is 0 Å². The molecule has 4 heteroatoms. The first-order chi connectivity index (χ1) is 43.4. The van der Waals surface area contributed by atoms with Crippen LogP contribution in [0.5, 0.6) is 0 Å². The molecule has 0 amide bonds. The van der Waals surface area contributed by atoms with Gasteiger partial charge < -0.3 is 14.7 Å². The maximum atomic E-state index is 3.41. The minimum atomic E-state index is -0.596. The van der Waals surface area contributed by atoms with Crippen LogP contribution in [0.15, 0.2) is 248 Å². The van der Waals surface area contributed by atoms with Crippen molar-refractivity contribution in [3.05, 3.63) is 298 Å². The van der Waals surface area contributed by atoms with Crippen LogP contribution in [0.3, 0.4) is 0 Å². The molecule has 0 bridgehead atoms. The molecule has 0 aromatic heterocycles. The zero-order chi connectivity index (χ0) is 61.6. The van der Waals surface area contributed by atoms with Crippen LogP contribution in [-0.2, 0) is 33.6 Å². The standard InChI is InChI=1S/C86H78BN3/c1-56-44-46-84(8,9)71-55-74-78(54-68(56)71)89(75-42-39-64(82(2,3)4)50-69(75)59-30-19-13-20-31-59)80-53-67(90-76-43-40-65(83(5,6)7)51-72(76)86(63-34-21-14-22-35-63)47-45-60-32-23-24-37-70(60)85(86,90)10)52-79-81(80)87(74)73-41-38-62(58-28-17-12-18-29-58)49-77(73)88(79)66-36-25-33-61(48-66)57-26-15-11-16-27-57/h11-12,14-19,21-43,48-56H,44-47H2,1-10H3. The summed E-state index contributed by atoms with van der Waals surface area (Å²) in [6, 6.07) is 85.2. The van der Waals surface area contributed by atoms with Gasteiger partial charge in [0, 0.05) is 45.4 Å². The molecule has 440 valence electrons. The predicted octanol–water partition coefficient (Wildman–Crippen LogP) is 20.4. The highest BCUT2D eigenvalue weighted by molar-refractivity contribution is 7.00. The van der Waals surface area contributed by atoms with E-state index in [0.717, 1.165) is 48.3 Å². The molecular formula is C86H78BN3. The highest BCUT2D eigenvalue weighted by Crippen LogP contribution is 2.67. The van der Waals surface area contributed by atoms with Gasteiger partial charge in [0.05, 0.1) is 16.6 Å². The quantitative estimate of drug-likeness (QED) is 0.116. The molecule has 0 saturated heterocycles. The van der Waals surface area contributed by atoms with Gasteiger partial charge in [-0.2, -0.15) is 0 Å². The largest absolute Gasteiger partial charge is 0.330 e. The Balaban J connectivity index is 1.08. The second-order valence-electron chi connectivity index (χ2n) is 29.4. The van der Waals surface area contributed by atoms with Crippen molar-refractivity contribution < 1.29 is 0 Å². The third kappa shape index (κ3) is 8.41. The average Bonchev–Trinajstić information content (AvgIpc) is 1.38. The minimum absolute atomic E-state index is 0.0177. The van der Waals surface area contributed by atoms with Crippen LogP contribution >= 0.6 is 0 Å². The van der Waals surface area contributed by atoms with Gasteiger partial charge in [-0.25, -0.2) is 0 Å². The van der Waals surface area contributed by atoms with Gasteiger partial charge in [-0.1, -0.05) is 238 Å². The van der Waals surface area contributed by atoms with Crippen LogP contribution in [-0.4, -0.2) is 6.71 Å². The summed E-state index contributed by atoms with van der Waals surface area (Å²) in [5, 5.41) is 0. The second kappa shape index (κ2) is 20.4. The molecule has 10 aromatic carbocycles. The Hall–Kier alpha value is -9.30. The Morgan fingerprint density at radius 1 is 0.478 bits per heavy atom. The number of allylic oxidation sites excluding steroid dienone is 4. The number of rotatable bonds is 7. The summed E-state index contributed by atoms with van der Waals surface area (Å²) in [5.41, 5.74) is 37.1. The lowest BCUT2D eigenvalue weighted by atomic mass is 9.33. The van der Waals surface area contributed by atoms with Crippen LogP contribution in [0, 0.1) is 0 Å². The van der Waals surface area contributed by atoms with E-state index < -0.39 is 11.0 Å². The fraction of sp³-hybridized carbons (Fsp3) is 0.233. The SMILES string of the molecule is CC1CCC(C)(C)c2cc3c(cc21)N(c1ccc(C(C)(C)C)cc1C1=CC=C=C=C1)c1cc(N2c4ccc(C(C)(C)C)cc4C4(c5ccccc5)CCc5ccccc5C24C)cc2c1B3c1ccc(-c3ccccc3)cc1N2c1cccc(-c2ccccc2)c1. The van der Waals surface area contributed by atoms with Crippen molar-refractivity contribution in [2.45, 2.75) is 128 Å². The summed E-state index contributed by atoms with van der Waals surface area (Å²) < 4.78 is 0. The van der Waals surface area contributed by atoms with Crippen LogP contribution < -0.4 is 31.1 Å². The van der Waals surface area contributed by atoms with E-state index in [-0.39, 0.29) is 23.0 Å². The summed E-state index contributed by atoms with van der Waals surface area (Å²) in [6.45, 7) is 24.1. The Morgan fingerprint density at radius 3 is 1.81 bits per heavy atom. The molecule has 0 fully saturated rings. The molecule has 3 heterocycles. The van der Waals surface area contributed by atoms with E-state index in [1.54, 1.807) is 0 Å². The molecule has 0 spiro atoms. The first kappa shape index (κ1) is 56.0. The molecule has 3 atom stereocenters. The maximum Gasteiger partial charge on any atom is 0.252 e. The predicted molar refractivity (Wildman–Crippen MR) is 381 cm³/mol. The van der Waals surface area contributed by atoms with E-state index in [9.17, 15) is 0 Å². The zero-order valence-electron chi connectivity index (χ0n) is 53.8. The van der Waals surface area contributed by atoms with Crippen molar-refractivity contribution in [2.24, 2.45) is 0 Å². The van der Waals surface area contributed by atoms with Gasteiger partial charge in [-0.15, -0.1) is 0 Å². The minimum Gasteiger partial charge on any atom is -0.330 e. The lowest BCUT2D eigenvalue weighted by Crippen LogP contribution is -2.62. The number of nitrogens with zero attached hydrogens (tertiary/aromatic N) is 3. The van der Waals surface area contributed by atoms with Crippen molar-refractivity contribution >= 4 is 74.2 Å². The smallest absolute Gasteiger partial charge is 0.252 e. The Morgan fingerprint density at radius 2 is 1.11 bits per heavy atom. The van der Waals surface area contributed by atoms with E-state index in [1.807, 2.05) is 6.08 Å². The molecule has 0 radical (unpaired) electrons. The topological polar surface area (TPSA) is 9.72 Å². The van der Waals surface area contributed by atoms with E-state index in [2.05, 4.69) is 326 Å². The van der Waals surface area contributed by atoms with Crippen LogP contribution in [0.25, 0.3) is 27.8 Å². The molecule has 6 aliphatic rings. The normalized spacial score (nSPS) is 19.7. The van der Waals surface area contributed by atoms with Crippen molar-refractivity contribution in [3.8, 4) is 22.3 Å². The Labute approximate surface area is 534 Å². The number of benzene rings is 10. The summed E-state index contributed by atoms with van der Waals surface area (Å²) in [7, 11) is 0. The number of hydrogen-bond donors (Lipinski definition) is 0. The first-order valence-electron chi connectivity index (χ1n) is 32.9. The maximum absolute atomic E-state index is 3.41. The van der Waals surface area contributed by atoms with Gasteiger partial charge in [0.2, 0.25) is 0 Å².